The van der Waals surface area contributed by atoms with Gasteiger partial charge in [0.25, 0.3) is 5.91 Å². The Balaban J connectivity index is 1.65. The average molecular weight is 490 g/mol. The average Bonchev–Trinajstić information content (AvgIpc) is 3.46. The van der Waals surface area contributed by atoms with Crippen LogP contribution in [0, 0.1) is 0 Å². The fourth-order valence-electron chi connectivity index (χ4n) is 4.31. The molecule has 7 nitrogen and oxygen atoms in total. The maximum atomic E-state index is 13.7. The first-order valence-electron chi connectivity index (χ1n) is 11.9. The van der Waals surface area contributed by atoms with E-state index in [4.69, 9.17) is 9.15 Å². The third-order valence-corrected chi connectivity index (χ3v) is 7.32. The maximum Gasteiger partial charge on any atom is 0.297 e. The number of benzene rings is 2. The molecule has 3 heterocycles. The van der Waals surface area contributed by atoms with E-state index in [-0.39, 0.29) is 17.1 Å². The highest BCUT2D eigenvalue weighted by molar-refractivity contribution is 7.15. The predicted octanol–water partition coefficient (Wildman–Crippen LogP) is 6.09. The standard InChI is InChI=1S/C27H27N3O4S/c1-4-5-8-14-33-18-11-9-10-17(15-18)22-21-23(31)19-12-6-7-13-20(19)34-24(21)26(32)30(22)27-29-28-25(35-27)16(2)3/h6-7,9-13,15-16,22H,4-5,8,14H2,1-3H3/t22-/m1/s1. The molecule has 0 saturated carbocycles. The molecular formula is C27H27N3O4S. The van der Waals surface area contributed by atoms with Crippen molar-refractivity contribution in [3.8, 4) is 5.75 Å². The third-order valence-electron chi connectivity index (χ3n) is 6.10. The van der Waals surface area contributed by atoms with E-state index in [9.17, 15) is 9.59 Å². The van der Waals surface area contributed by atoms with Crippen molar-refractivity contribution < 1.29 is 13.9 Å². The van der Waals surface area contributed by atoms with Gasteiger partial charge in [-0.25, -0.2) is 0 Å². The molecule has 1 aliphatic rings. The molecule has 2 aromatic carbocycles. The summed E-state index contributed by atoms with van der Waals surface area (Å²) < 4.78 is 12.0. The minimum absolute atomic E-state index is 0.0502. The molecule has 0 spiro atoms. The Kier molecular flexibility index (Phi) is 6.38. The Labute approximate surface area is 207 Å². The predicted molar refractivity (Wildman–Crippen MR) is 137 cm³/mol. The van der Waals surface area contributed by atoms with Gasteiger partial charge in [0.05, 0.1) is 23.6 Å². The first-order chi connectivity index (χ1) is 17.0. The second-order valence-corrected chi connectivity index (χ2v) is 9.94. The lowest BCUT2D eigenvalue weighted by Gasteiger charge is -2.22. The number of carbonyl (C=O) groups excluding carboxylic acids is 1. The van der Waals surface area contributed by atoms with Crippen LogP contribution in [0.3, 0.4) is 0 Å². The number of hydrogen-bond acceptors (Lipinski definition) is 7. The minimum atomic E-state index is -0.689. The second-order valence-electron chi connectivity index (χ2n) is 8.95. The summed E-state index contributed by atoms with van der Waals surface area (Å²) in [7, 11) is 0. The topological polar surface area (TPSA) is 85.5 Å². The van der Waals surface area contributed by atoms with Crippen molar-refractivity contribution in [3.05, 3.63) is 80.6 Å². The summed E-state index contributed by atoms with van der Waals surface area (Å²) in [6.07, 6.45) is 3.18. The SMILES string of the molecule is CCCCCOc1cccc([C@@H]2c3c(oc4ccccc4c3=O)C(=O)N2c2nnc(C(C)C)s2)c1. The third kappa shape index (κ3) is 4.23. The fraction of sp³-hybridized carbons (Fsp3) is 0.333. The fourth-order valence-corrected chi connectivity index (χ4v) is 5.18. The second kappa shape index (κ2) is 9.62. The molecule has 180 valence electrons. The van der Waals surface area contributed by atoms with Gasteiger partial charge in [-0.05, 0) is 36.2 Å². The Morgan fingerprint density at radius 1 is 1.09 bits per heavy atom. The van der Waals surface area contributed by atoms with E-state index < -0.39 is 11.9 Å². The van der Waals surface area contributed by atoms with Gasteiger partial charge in [-0.1, -0.05) is 69.2 Å². The monoisotopic (exact) mass is 489 g/mol. The van der Waals surface area contributed by atoms with Crippen LogP contribution in [0.25, 0.3) is 11.0 Å². The van der Waals surface area contributed by atoms with Gasteiger partial charge in [-0.2, -0.15) is 0 Å². The zero-order valence-corrected chi connectivity index (χ0v) is 20.8. The minimum Gasteiger partial charge on any atom is -0.494 e. The zero-order chi connectivity index (χ0) is 24.5. The van der Waals surface area contributed by atoms with Gasteiger partial charge in [-0.3, -0.25) is 14.5 Å². The summed E-state index contributed by atoms with van der Waals surface area (Å²) in [5.41, 5.74) is 1.25. The molecule has 0 fully saturated rings. The van der Waals surface area contributed by atoms with Crippen LogP contribution in [-0.4, -0.2) is 22.7 Å². The molecular weight excluding hydrogens is 462 g/mol. The Morgan fingerprint density at radius 3 is 2.69 bits per heavy atom. The molecule has 35 heavy (non-hydrogen) atoms. The molecule has 0 bridgehead atoms. The smallest absolute Gasteiger partial charge is 0.297 e. The molecule has 1 amide bonds. The van der Waals surface area contributed by atoms with E-state index in [1.54, 1.807) is 24.3 Å². The molecule has 0 aliphatic carbocycles. The van der Waals surface area contributed by atoms with Gasteiger partial charge < -0.3 is 9.15 Å². The van der Waals surface area contributed by atoms with E-state index in [0.717, 1.165) is 29.8 Å². The number of aromatic nitrogens is 2. The van der Waals surface area contributed by atoms with Crippen LogP contribution in [0.1, 0.15) is 78.7 Å². The molecule has 0 saturated heterocycles. The van der Waals surface area contributed by atoms with Gasteiger partial charge in [-0.15, -0.1) is 10.2 Å². The lowest BCUT2D eigenvalue weighted by molar-refractivity contribution is 0.0970. The number of nitrogens with zero attached hydrogens (tertiary/aromatic N) is 3. The summed E-state index contributed by atoms with van der Waals surface area (Å²) in [6.45, 7) is 6.82. The molecule has 2 aromatic heterocycles. The van der Waals surface area contributed by atoms with Crippen molar-refractivity contribution in [2.75, 3.05) is 11.5 Å². The quantitative estimate of drug-likeness (QED) is 0.279. The summed E-state index contributed by atoms with van der Waals surface area (Å²) in [5, 5.41) is 10.3. The molecule has 4 aromatic rings. The molecule has 5 rings (SSSR count). The van der Waals surface area contributed by atoms with Gasteiger partial charge in [0.15, 0.2) is 5.43 Å². The maximum absolute atomic E-state index is 13.7. The molecule has 0 unspecified atom stereocenters. The van der Waals surface area contributed by atoms with Crippen LogP contribution in [0.2, 0.25) is 0 Å². The van der Waals surface area contributed by atoms with Gasteiger partial charge in [0.1, 0.15) is 16.3 Å². The number of anilines is 1. The Hall–Kier alpha value is -3.52. The lowest BCUT2D eigenvalue weighted by Crippen LogP contribution is -2.29. The molecule has 0 N–H and O–H groups in total. The van der Waals surface area contributed by atoms with E-state index in [1.807, 2.05) is 38.1 Å². The number of fused-ring (bicyclic) bond motifs is 2. The molecule has 1 aliphatic heterocycles. The van der Waals surface area contributed by atoms with Crippen molar-refractivity contribution >= 4 is 33.3 Å². The highest BCUT2D eigenvalue weighted by Gasteiger charge is 2.45. The number of amides is 1. The number of para-hydroxylation sites is 1. The number of ether oxygens (including phenoxy) is 1. The van der Waals surface area contributed by atoms with Crippen molar-refractivity contribution in [2.45, 2.75) is 52.0 Å². The van der Waals surface area contributed by atoms with Crippen LogP contribution >= 0.6 is 11.3 Å². The number of rotatable bonds is 8. The van der Waals surface area contributed by atoms with E-state index in [0.29, 0.717) is 34.0 Å². The Morgan fingerprint density at radius 2 is 1.91 bits per heavy atom. The van der Waals surface area contributed by atoms with E-state index >= 15 is 0 Å². The van der Waals surface area contributed by atoms with Crippen LogP contribution in [0.5, 0.6) is 5.75 Å². The van der Waals surface area contributed by atoms with Crippen LogP contribution < -0.4 is 15.1 Å². The van der Waals surface area contributed by atoms with E-state index in [1.165, 1.54) is 16.2 Å². The normalized spacial score (nSPS) is 15.3. The zero-order valence-electron chi connectivity index (χ0n) is 20.0. The largest absolute Gasteiger partial charge is 0.494 e. The lowest BCUT2D eigenvalue weighted by atomic mass is 9.98. The van der Waals surface area contributed by atoms with Gasteiger partial charge in [0, 0.05) is 5.92 Å². The summed E-state index contributed by atoms with van der Waals surface area (Å²) in [5.74, 6) is 0.523. The van der Waals surface area contributed by atoms with Crippen molar-refractivity contribution in [1.82, 2.24) is 10.2 Å². The van der Waals surface area contributed by atoms with Gasteiger partial charge in [0.2, 0.25) is 10.9 Å². The van der Waals surface area contributed by atoms with Crippen molar-refractivity contribution in [3.63, 3.8) is 0 Å². The van der Waals surface area contributed by atoms with Gasteiger partial charge >= 0.3 is 0 Å². The first-order valence-corrected chi connectivity index (χ1v) is 12.8. The summed E-state index contributed by atoms with van der Waals surface area (Å²) in [4.78, 5) is 28.9. The summed E-state index contributed by atoms with van der Waals surface area (Å²) in [6, 6.07) is 13.9. The van der Waals surface area contributed by atoms with Crippen LogP contribution in [0.15, 0.2) is 57.7 Å². The van der Waals surface area contributed by atoms with Crippen molar-refractivity contribution in [2.24, 2.45) is 0 Å². The van der Waals surface area contributed by atoms with Crippen LogP contribution in [0.4, 0.5) is 5.13 Å². The number of carbonyl (C=O) groups is 1. The number of unbranched alkanes of at least 4 members (excludes halogenated alkanes) is 2. The van der Waals surface area contributed by atoms with Crippen molar-refractivity contribution in [1.29, 1.82) is 0 Å². The Bertz CT molecular complexity index is 1440. The molecule has 0 radical (unpaired) electrons. The molecule has 1 atom stereocenters. The summed E-state index contributed by atoms with van der Waals surface area (Å²) >= 11 is 1.35. The first kappa shape index (κ1) is 23.2. The highest BCUT2D eigenvalue weighted by Crippen LogP contribution is 2.43. The molecule has 8 heteroatoms. The highest BCUT2D eigenvalue weighted by atomic mass is 32.1. The van der Waals surface area contributed by atoms with E-state index in [2.05, 4.69) is 17.1 Å². The van der Waals surface area contributed by atoms with Crippen LogP contribution in [-0.2, 0) is 0 Å². The number of hydrogen-bond donors (Lipinski definition) is 0.